The molecule has 0 aliphatic heterocycles. The molecule has 3 rings (SSSR count). The molecule has 0 radical (unpaired) electrons. The predicted molar refractivity (Wildman–Crippen MR) is 92.1 cm³/mol. The van der Waals surface area contributed by atoms with Crippen molar-refractivity contribution >= 4 is 8.32 Å². The second-order valence-corrected chi connectivity index (χ2v) is 11.4. The molecule has 2 bridgehead atoms. The van der Waals surface area contributed by atoms with Gasteiger partial charge in [0.1, 0.15) is 5.75 Å². The minimum atomic E-state index is -1.60. The Balaban J connectivity index is 1.62. The highest BCUT2D eigenvalue weighted by molar-refractivity contribution is 6.74. The van der Waals surface area contributed by atoms with Crippen LogP contribution in [0.1, 0.15) is 33.1 Å². The van der Waals surface area contributed by atoms with Crippen LogP contribution in [-0.4, -0.2) is 8.32 Å². The van der Waals surface area contributed by atoms with Crippen LogP contribution in [0.2, 0.25) is 18.1 Å². The zero-order valence-corrected chi connectivity index (χ0v) is 14.4. The van der Waals surface area contributed by atoms with E-state index in [9.17, 15) is 0 Å². The molecule has 2 heteroatoms. The van der Waals surface area contributed by atoms with Gasteiger partial charge in [0.25, 0.3) is 8.32 Å². The molecular weight excluding hydrogens is 272 g/mol. The van der Waals surface area contributed by atoms with Crippen molar-refractivity contribution in [2.24, 2.45) is 17.8 Å². The van der Waals surface area contributed by atoms with Crippen molar-refractivity contribution < 1.29 is 4.43 Å². The Hall–Kier alpha value is -1.02. The third-order valence-electron chi connectivity index (χ3n) is 5.75. The van der Waals surface area contributed by atoms with Gasteiger partial charge < -0.3 is 4.43 Å². The lowest BCUT2D eigenvalue weighted by Crippen LogP contribution is -2.40. The zero-order chi connectivity index (χ0) is 14.7. The van der Waals surface area contributed by atoms with Crippen molar-refractivity contribution in [3.63, 3.8) is 0 Å². The van der Waals surface area contributed by atoms with Gasteiger partial charge in [-0.2, -0.15) is 0 Å². The maximum Gasteiger partial charge on any atom is 0.250 e. The lowest BCUT2D eigenvalue weighted by atomic mass is 9.91. The number of allylic oxidation sites excluding steroid dienone is 2. The van der Waals surface area contributed by atoms with Crippen LogP contribution in [0.5, 0.6) is 5.75 Å². The third kappa shape index (κ3) is 3.26. The molecule has 2 aliphatic carbocycles. The minimum Gasteiger partial charge on any atom is -0.543 e. The molecule has 0 N–H and O–H groups in total. The molecule has 1 nitrogen and oxygen atoms in total. The Morgan fingerprint density at radius 2 is 1.81 bits per heavy atom. The SMILES string of the molecule is CC[Si](CC)(CCC1CC2C=CC1C2)Oc1ccccc1. The fraction of sp³-hybridized carbons (Fsp3) is 0.579. The average Bonchev–Trinajstić information content (AvgIpc) is 3.15. The Morgan fingerprint density at radius 3 is 2.38 bits per heavy atom. The first-order valence-electron chi connectivity index (χ1n) is 8.67. The summed E-state index contributed by atoms with van der Waals surface area (Å²) in [5, 5.41) is 0. The predicted octanol–water partition coefficient (Wildman–Crippen LogP) is 5.65. The van der Waals surface area contributed by atoms with E-state index in [0.717, 1.165) is 23.5 Å². The number of hydrogen-bond donors (Lipinski definition) is 0. The van der Waals surface area contributed by atoms with Gasteiger partial charge in [0.15, 0.2) is 0 Å². The van der Waals surface area contributed by atoms with E-state index in [1.165, 1.54) is 37.4 Å². The summed E-state index contributed by atoms with van der Waals surface area (Å²) in [7, 11) is -1.60. The molecule has 0 aromatic heterocycles. The molecule has 3 unspecified atom stereocenters. The van der Waals surface area contributed by atoms with Crippen LogP contribution in [0, 0.1) is 17.8 Å². The summed E-state index contributed by atoms with van der Waals surface area (Å²) in [5.74, 6) is 3.80. The largest absolute Gasteiger partial charge is 0.543 e. The molecule has 0 spiro atoms. The Morgan fingerprint density at radius 1 is 1.05 bits per heavy atom. The Kier molecular flexibility index (Phi) is 4.53. The van der Waals surface area contributed by atoms with Crippen LogP contribution >= 0.6 is 0 Å². The molecule has 21 heavy (non-hydrogen) atoms. The van der Waals surface area contributed by atoms with Crippen LogP contribution in [0.15, 0.2) is 42.5 Å². The monoisotopic (exact) mass is 300 g/mol. The molecule has 1 aromatic carbocycles. The summed E-state index contributed by atoms with van der Waals surface area (Å²) in [6.07, 6.45) is 9.18. The smallest absolute Gasteiger partial charge is 0.250 e. The lowest BCUT2D eigenvalue weighted by Gasteiger charge is -2.32. The molecule has 0 amide bonds. The molecule has 1 saturated carbocycles. The second-order valence-electron chi connectivity index (χ2n) is 6.88. The fourth-order valence-electron chi connectivity index (χ4n) is 4.21. The maximum atomic E-state index is 6.56. The topological polar surface area (TPSA) is 9.23 Å². The first-order valence-corrected chi connectivity index (χ1v) is 11.2. The number of rotatable bonds is 7. The van der Waals surface area contributed by atoms with Gasteiger partial charge in [0, 0.05) is 0 Å². The van der Waals surface area contributed by atoms with Gasteiger partial charge in [-0.1, -0.05) is 44.2 Å². The highest BCUT2D eigenvalue weighted by Gasteiger charge is 2.39. The Labute approximate surface area is 130 Å². The number of benzene rings is 1. The fourth-order valence-corrected chi connectivity index (χ4v) is 7.34. The number of fused-ring (bicyclic) bond motifs is 2. The van der Waals surface area contributed by atoms with E-state index < -0.39 is 8.32 Å². The van der Waals surface area contributed by atoms with Gasteiger partial charge in [0.05, 0.1) is 0 Å². The molecule has 2 aliphatic rings. The van der Waals surface area contributed by atoms with Gasteiger partial charge in [0.2, 0.25) is 0 Å². The molecule has 0 heterocycles. The van der Waals surface area contributed by atoms with E-state index in [1.54, 1.807) is 0 Å². The Bertz CT molecular complexity index is 478. The van der Waals surface area contributed by atoms with Gasteiger partial charge in [-0.15, -0.1) is 0 Å². The van der Waals surface area contributed by atoms with Crippen LogP contribution in [-0.2, 0) is 0 Å². The molecule has 1 aromatic rings. The summed E-state index contributed by atoms with van der Waals surface area (Å²) in [6, 6.07) is 14.3. The van der Waals surface area contributed by atoms with Crippen molar-refractivity contribution in [1.82, 2.24) is 0 Å². The second kappa shape index (κ2) is 6.39. The van der Waals surface area contributed by atoms with E-state index in [-0.39, 0.29) is 0 Å². The lowest BCUT2D eigenvalue weighted by molar-refractivity contribution is 0.419. The van der Waals surface area contributed by atoms with E-state index in [2.05, 4.69) is 56.3 Å². The van der Waals surface area contributed by atoms with E-state index in [1.807, 2.05) is 0 Å². The van der Waals surface area contributed by atoms with Gasteiger partial charge in [-0.3, -0.25) is 0 Å². The first kappa shape index (κ1) is 14.9. The van der Waals surface area contributed by atoms with Crippen molar-refractivity contribution in [3.05, 3.63) is 42.5 Å². The molecule has 3 atom stereocenters. The first-order chi connectivity index (χ1) is 10.2. The maximum absolute atomic E-state index is 6.56. The zero-order valence-electron chi connectivity index (χ0n) is 13.4. The van der Waals surface area contributed by atoms with Crippen molar-refractivity contribution in [2.75, 3.05) is 0 Å². The minimum absolute atomic E-state index is 0.882. The van der Waals surface area contributed by atoms with Crippen LogP contribution < -0.4 is 4.43 Å². The highest BCUT2D eigenvalue weighted by Crippen LogP contribution is 2.46. The molecule has 114 valence electrons. The summed E-state index contributed by atoms with van der Waals surface area (Å²) in [6.45, 7) is 4.67. The van der Waals surface area contributed by atoms with Crippen LogP contribution in [0.25, 0.3) is 0 Å². The van der Waals surface area contributed by atoms with E-state index >= 15 is 0 Å². The van der Waals surface area contributed by atoms with Crippen molar-refractivity contribution in [1.29, 1.82) is 0 Å². The van der Waals surface area contributed by atoms with Crippen LogP contribution in [0.4, 0.5) is 0 Å². The standard InChI is InChI=1S/C19H28OSi/c1-3-21(4-2,20-19-8-6-5-7-9-19)13-12-18-15-16-10-11-17(18)14-16/h5-11,16-18H,3-4,12-15H2,1-2H3. The van der Waals surface area contributed by atoms with Crippen molar-refractivity contribution in [2.45, 2.75) is 51.2 Å². The average molecular weight is 301 g/mol. The number of hydrogen-bond acceptors (Lipinski definition) is 1. The van der Waals surface area contributed by atoms with E-state index in [4.69, 9.17) is 4.43 Å². The van der Waals surface area contributed by atoms with Crippen molar-refractivity contribution in [3.8, 4) is 5.75 Å². The van der Waals surface area contributed by atoms with Gasteiger partial charge in [-0.05, 0) is 67.3 Å². The quantitative estimate of drug-likeness (QED) is 0.467. The summed E-state index contributed by atoms with van der Waals surface area (Å²) >= 11 is 0. The van der Waals surface area contributed by atoms with Gasteiger partial charge in [-0.25, -0.2) is 0 Å². The van der Waals surface area contributed by atoms with Crippen LogP contribution in [0.3, 0.4) is 0 Å². The summed E-state index contributed by atoms with van der Waals surface area (Å²) in [5.41, 5.74) is 0. The normalized spacial score (nSPS) is 27.2. The van der Waals surface area contributed by atoms with E-state index in [0.29, 0.717) is 0 Å². The molecular formula is C19H28OSi. The number of para-hydroxylation sites is 1. The van der Waals surface area contributed by atoms with Gasteiger partial charge >= 0.3 is 0 Å². The third-order valence-corrected chi connectivity index (χ3v) is 10.2. The highest BCUT2D eigenvalue weighted by atomic mass is 28.4. The molecule has 0 saturated heterocycles. The summed E-state index contributed by atoms with van der Waals surface area (Å²) < 4.78 is 6.56. The molecule has 1 fully saturated rings. The summed E-state index contributed by atoms with van der Waals surface area (Å²) in [4.78, 5) is 0.